The lowest BCUT2D eigenvalue weighted by Gasteiger charge is -2.23. The van der Waals surface area contributed by atoms with Crippen molar-refractivity contribution in [2.75, 3.05) is 10.7 Å². The SMILES string of the molecule is O=C(O)c1cccc(N2C(=O)CSC2c2ccccn2)c1. The zero-order valence-corrected chi connectivity index (χ0v) is 11.8. The van der Waals surface area contributed by atoms with Gasteiger partial charge in [0.2, 0.25) is 5.91 Å². The average molecular weight is 300 g/mol. The van der Waals surface area contributed by atoms with Gasteiger partial charge in [0, 0.05) is 11.9 Å². The molecule has 1 saturated heterocycles. The highest BCUT2D eigenvalue weighted by Gasteiger charge is 2.35. The Morgan fingerprint density at radius 3 is 2.86 bits per heavy atom. The summed E-state index contributed by atoms with van der Waals surface area (Å²) in [6.45, 7) is 0. The number of aromatic carboxylic acids is 1. The van der Waals surface area contributed by atoms with Crippen LogP contribution in [0.1, 0.15) is 21.4 Å². The highest BCUT2D eigenvalue weighted by atomic mass is 32.2. The van der Waals surface area contributed by atoms with Crippen molar-refractivity contribution in [2.24, 2.45) is 0 Å². The Labute approximate surface area is 125 Å². The molecule has 0 aliphatic carbocycles. The molecule has 3 rings (SSSR count). The number of carbonyl (C=O) groups excluding carboxylic acids is 1. The van der Waals surface area contributed by atoms with Crippen LogP contribution in [0.3, 0.4) is 0 Å². The molecule has 2 heterocycles. The monoisotopic (exact) mass is 300 g/mol. The van der Waals surface area contributed by atoms with E-state index in [1.54, 1.807) is 23.2 Å². The summed E-state index contributed by atoms with van der Waals surface area (Å²) < 4.78 is 0. The van der Waals surface area contributed by atoms with Gasteiger partial charge in [-0.2, -0.15) is 0 Å². The Balaban J connectivity index is 2.00. The van der Waals surface area contributed by atoms with E-state index in [-0.39, 0.29) is 16.8 Å². The molecule has 1 aliphatic rings. The predicted molar refractivity (Wildman–Crippen MR) is 80.3 cm³/mol. The van der Waals surface area contributed by atoms with E-state index in [2.05, 4.69) is 4.98 Å². The molecule has 5 nitrogen and oxygen atoms in total. The van der Waals surface area contributed by atoms with Gasteiger partial charge in [0.25, 0.3) is 0 Å². The van der Waals surface area contributed by atoms with Crippen molar-refractivity contribution in [3.8, 4) is 0 Å². The van der Waals surface area contributed by atoms with Crippen LogP contribution in [0.25, 0.3) is 0 Å². The minimum Gasteiger partial charge on any atom is -0.478 e. The Hall–Kier alpha value is -2.34. The molecular weight excluding hydrogens is 288 g/mol. The van der Waals surface area contributed by atoms with Crippen molar-refractivity contribution >= 4 is 29.3 Å². The zero-order valence-electron chi connectivity index (χ0n) is 11.0. The second kappa shape index (κ2) is 5.57. The summed E-state index contributed by atoms with van der Waals surface area (Å²) in [6, 6.07) is 12.0. The maximum absolute atomic E-state index is 12.2. The van der Waals surface area contributed by atoms with E-state index in [4.69, 9.17) is 5.11 Å². The minimum atomic E-state index is -1.01. The van der Waals surface area contributed by atoms with Gasteiger partial charge in [-0.3, -0.25) is 14.7 Å². The summed E-state index contributed by atoms with van der Waals surface area (Å²) in [5.74, 6) is -0.692. The average Bonchev–Trinajstić information content (AvgIpc) is 2.90. The fourth-order valence-corrected chi connectivity index (χ4v) is 3.37. The molecule has 1 aliphatic heterocycles. The highest BCUT2D eigenvalue weighted by molar-refractivity contribution is 8.00. The van der Waals surface area contributed by atoms with E-state index in [0.29, 0.717) is 11.4 Å². The van der Waals surface area contributed by atoms with Crippen LogP contribution in [-0.4, -0.2) is 27.7 Å². The number of benzene rings is 1. The largest absolute Gasteiger partial charge is 0.478 e. The lowest BCUT2D eigenvalue weighted by molar-refractivity contribution is -0.115. The van der Waals surface area contributed by atoms with Crippen molar-refractivity contribution < 1.29 is 14.7 Å². The summed E-state index contributed by atoms with van der Waals surface area (Å²) in [7, 11) is 0. The van der Waals surface area contributed by atoms with Crippen LogP contribution in [0, 0.1) is 0 Å². The lowest BCUT2D eigenvalue weighted by Crippen LogP contribution is -2.28. The van der Waals surface area contributed by atoms with Crippen molar-refractivity contribution in [2.45, 2.75) is 5.37 Å². The minimum absolute atomic E-state index is 0.0433. The van der Waals surface area contributed by atoms with Crippen molar-refractivity contribution in [1.82, 2.24) is 4.98 Å². The number of rotatable bonds is 3. The van der Waals surface area contributed by atoms with E-state index in [1.165, 1.54) is 23.9 Å². The third-order valence-corrected chi connectivity index (χ3v) is 4.36. The number of aromatic nitrogens is 1. The Kier molecular flexibility index (Phi) is 3.62. The molecule has 21 heavy (non-hydrogen) atoms. The maximum atomic E-state index is 12.2. The number of carboxylic acid groups (broad SMARTS) is 1. The normalized spacial score (nSPS) is 18.0. The number of carbonyl (C=O) groups is 2. The first-order valence-electron chi connectivity index (χ1n) is 6.35. The van der Waals surface area contributed by atoms with E-state index in [9.17, 15) is 9.59 Å². The number of carboxylic acids is 1. The number of amides is 1. The van der Waals surface area contributed by atoms with Crippen molar-refractivity contribution in [3.63, 3.8) is 0 Å². The number of thioether (sulfide) groups is 1. The van der Waals surface area contributed by atoms with Crippen molar-refractivity contribution in [3.05, 3.63) is 59.9 Å². The van der Waals surface area contributed by atoms with Gasteiger partial charge in [0.05, 0.1) is 17.0 Å². The quantitative estimate of drug-likeness (QED) is 0.943. The summed E-state index contributed by atoms with van der Waals surface area (Å²) in [4.78, 5) is 29.2. The third-order valence-electron chi connectivity index (χ3n) is 3.18. The number of anilines is 1. The topological polar surface area (TPSA) is 70.5 Å². The first-order valence-corrected chi connectivity index (χ1v) is 7.39. The van der Waals surface area contributed by atoms with Crippen LogP contribution in [0.5, 0.6) is 0 Å². The Morgan fingerprint density at radius 2 is 2.14 bits per heavy atom. The second-order valence-electron chi connectivity index (χ2n) is 4.54. The second-order valence-corrected chi connectivity index (χ2v) is 5.61. The van der Waals surface area contributed by atoms with Crippen LogP contribution in [0.2, 0.25) is 0 Å². The molecule has 0 spiro atoms. The van der Waals surface area contributed by atoms with Crippen LogP contribution < -0.4 is 4.90 Å². The molecule has 1 fully saturated rings. The summed E-state index contributed by atoms with van der Waals surface area (Å²) in [6.07, 6.45) is 1.69. The molecule has 1 amide bonds. The van der Waals surface area contributed by atoms with Gasteiger partial charge >= 0.3 is 5.97 Å². The van der Waals surface area contributed by atoms with E-state index in [0.717, 1.165) is 5.69 Å². The fraction of sp³-hybridized carbons (Fsp3) is 0.133. The molecule has 1 unspecified atom stereocenters. The molecule has 1 aromatic heterocycles. The molecule has 106 valence electrons. The molecule has 1 N–H and O–H groups in total. The van der Waals surface area contributed by atoms with Crippen LogP contribution in [0.15, 0.2) is 48.7 Å². The van der Waals surface area contributed by atoms with Gasteiger partial charge in [-0.25, -0.2) is 4.79 Å². The first kappa shape index (κ1) is 13.6. The zero-order chi connectivity index (χ0) is 14.8. The number of hydrogen-bond acceptors (Lipinski definition) is 4. The van der Waals surface area contributed by atoms with Crippen LogP contribution >= 0.6 is 11.8 Å². The molecule has 0 radical (unpaired) electrons. The van der Waals surface area contributed by atoms with Gasteiger partial charge in [0.1, 0.15) is 5.37 Å². The summed E-state index contributed by atoms with van der Waals surface area (Å²) in [5, 5.41) is 8.86. The van der Waals surface area contributed by atoms with Gasteiger partial charge < -0.3 is 5.11 Å². The maximum Gasteiger partial charge on any atom is 0.335 e. The number of nitrogens with zero attached hydrogens (tertiary/aromatic N) is 2. The molecule has 1 aromatic carbocycles. The standard InChI is InChI=1S/C15H12N2O3S/c18-13-9-21-14(12-6-1-2-7-16-12)17(13)11-5-3-4-10(8-11)15(19)20/h1-8,14H,9H2,(H,19,20). The lowest BCUT2D eigenvalue weighted by atomic mass is 10.2. The Bertz CT molecular complexity index is 690. The first-order chi connectivity index (χ1) is 10.2. The van der Waals surface area contributed by atoms with E-state index in [1.807, 2.05) is 18.2 Å². The van der Waals surface area contributed by atoms with Gasteiger partial charge in [-0.05, 0) is 30.3 Å². The van der Waals surface area contributed by atoms with Crippen LogP contribution in [0.4, 0.5) is 5.69 Å². The Morgan fingerprint density at radius 1 is 1.29 bits per heavy atom. The van der Waals surface area contributed by atoms with E-state index >= 15 is 0 Å². The smallest absolute Gasteiger partial charge is 0.335 e. The van der Waals surface area contributed by atoms with Crippen LogP contribution in [-0.2, 0) is 4.79 Å². The van der Waals surface area contributed by atoms with Gasteiger partial charge in [-0.15, -0.1) is 11.8 Å². The molecule has 1 atom stereocenters. The molecule has 0 saturated carbocycles. The molecule has 2 aromatic rings. The molecule has 6 heteroatoms. The third kappa shape index (κ3) is 2.62. The highest BCUT2D eigenvalue weighted by Crippen LogP contribution is 2.40. The summed E-state index contributed by atoms with van der Waals surface area (Å²) in [5.41, 5.74) is 1.53. The van der Waals surface area contributed by atoms with Crippen molar-refractivity contribution in [1.29, 1.82) is 0 Å². The van der Waals surface area contributed by atoms with E-state index < -0.39 is 5.97 Å². The number of pyridine rings is 1. The summed E-state index contributed by atoms with van der Waals surface area (Å²) >= 11 is 1.49. The predicted octanol–water partition coefficient (Wildman–Crippen LogP) is 2.56. The number of hydrogen-bond donors (Lipinski definition) is 1. The van der Waals surface area contributed by atoms with Gasteiger partial charge in [-0.1, -0.05) is 12.1 Å². The molecular formula is C15H12N2O3S. The molecule has 0 bridgehead atoms. The fourth-order valence-electron chi connectivity index (χ4n) is 2.23. The van der Waals surface area contributed by atoms with Gasteiger partial charge in [0.15, 0.2) is 0 Å².